The summed E-state index contributed by atoms with van der Waals surface area (Å²) in [5.41, 5.74) is 1.04. The zero-order valence-corrected chi connectivity index (χ0v) is 11.9. The minimum Gasteiger partial charge on any atom is -0.310 e. The van der Waals surface area contributed by atoms with Crippen LogP contribution in [0.1, 0.15) is 31.7 Å². The van der Waals surface area contributed by atoms with Crippen molar-refractivity contribution in [1.82, 2.24) is 5.32 Å². The lowest BCUT2D eigenvalue weighted by Crippen LogP contribution is -2.37. The van der Waals surface area contributed by atoms with Crippen molar-refractivity contribution in [3.05, 3.63) is 33.8 Å². The highest BCUT2D eigenvalue weighted by Gasteiger charge is 2.14. The highest BCUT2D eigenvalue weighted by molar-refractivity contribution is 6.42. The molecule has 4 heteroatoms. The average molecular weight is 281 g/mol. The summed E-state index contributed by atoms with van der Waals surface area (Å²) in [6.45, 7) is 7.01. The third-order valence-corrected chi connectivity index (χ3v) is 3.26. The van der Waals surface area contributed by atoms with Crippen LogP contribution in [-0.2, 0) is 0 Å². The predicted octanol–water partition coefficient (Wildman–Crippen LogP) is 4.66. The van der Waals surface area contributed by atoms with E-state index in [1.54, 1.807) is 6.07 Å². The van der Waals surface area contributed by atoms with Crippen LogP contribution in [0.25, 0.3) is 0 Å². The summed E-state index contributed by atoms with van der Waals surface area (Å²) in [4.78, 5) is 0. The standard InChI is InChI=1S/C12H16Cl3N/c1-12(2,3)16-7-11(15)8-4-5-9(13)10(14)6-8/h4-6,11,16H,7H2,1-3H3. The fourth-order valence-electron chi connectivity index (χ4n) is 1.22. The molecule has 0 heterocycles. The van der Waals surface area contributed by atoms with Gasteiger partial charge in [-0.15, -0.1) is 11.6 Å². The molecule has 0 aliphatic carbocycles. The van der Waals surface area contributed by atoms with Gasteiger partial charge in [-0.05, 0) is 38.5 Å². The molecule has 0 saturated carbocycles. The van der Waals surface area contributed by atoms with Crippen molar-refractivity contribution in [1.29, 1.82) is 0 Å². The Kier molecular flexibility index (Phi) is 4.93. The van der Waals surface area contributed by atoms with Crippen LogP contribution in [0.2, 0.25) is 10.0 Å². The van der Waals surface area contributed by atoms with Crippen LogP contribution < -0.4 is 5.32 Å². The van der Waals surface area contributed by atoms with Crippen LogP contribution in [0, 0.1) is 0 Å². The predicted molar refractivity (Wildman–Crippen MR) is 72.8 cm³/mol. The summed E-state index contributed by atoms with van der Waals surface area (Å²) in [5, 5.41) is 4.34. The van der Waals surface area contributed by atoms with Crippen molar-refractivity contribution < 1.29 is 0 Å². The molecule has 1 aromatic carbocycles. The Labute approximate surface area is 112 Å². The zero-order chi connectivity index (χ0) is 12.3. The largest absolute Gasteiger partial charge is 0.310 e. The van der Waals surface area contributed by atoms with Gasteiger partial charge in [0.1, 0.15) is 0 Å². The normalized spacial score (nSPS) is 13.9. The van der Waals surface area contributed by atoms with Crippen LogP contribution in [0.5, 0.6) is 0 Å². The maximum atomic E-state index is 6.27. The van der Waals surface area contributed by atoms with Crippen LogP contribution in [-0.4, -0.2) is 12.1 Å². The van der Waals surface area contributed by atoms with Gasteiger partial charge in [-0.3, -0.25) is 0 Å². The average Bonchev–Trinajstić information content (AvgIpc) is 2.17. The second-order valence-corrected chi connectivity index (χ2v) is 6.11. The molecule has 1 unspecified atom stereocenters. The van der Waals surface area contributed by atoms with Crippen LogP contribution in [0.3, 0.4) is 0 Å². The molecule has 1 aromatic rings. The van der Waals surface area contributed by atoms with Gasteiger partial charge in [-0.25, -0.2) is 0 Å². The molecule has 1 N–H and O–H groups in total. The fraction of sp³-hybridized carbons (Fsp3) is 0.500. The number of hydrogen-bond donors (Lipinski definition) is 1. The number of alkyl halides is 1. The van der Waals surface area contributed by atoms with Crippen molar-refractivity contribution in [2.75, 3.05) is 6.54 Å². The number of halogens is 3. The molecule has 0 aliphatic heterocycles. The van der Waals surface area contributed by atoms with E-state index in [2.05, 4.69) is 26.1 Å². The summed E-state index contributed by atoms with van der Waals surface area (Å²) in [7, 11) is 0. The van der Waals surface area contributed by atoms with E-state index in [4.69, 9.17) is 34.8 Å². The second kappa shape index (κ2) is 5.59. The van der Waals surface area contributed by atoms with Crippen LogP contribution in [0.4, 0.5) is 0 Å². The molecule has 1 rings (SSSR count). The first-order valence-corrected chi connectivity index (χ1v) is 6.33. The third-order valence-electron chi connectivity index (χ3n) is 2.12. The van der Waals surface area contributed by atoms with Gasteiger partial charge in [-0.1, -0.05) is 29.3 Å². The highest BCUT2D eigenvalue weighted by Crippen LogP contribution is 2.28. The van der Waals surface area contributed by atoms with Gasteiger partial charge in [0.25, 0.3) is 0 Å². The van der Waals surface area contributed by atoms with E-state index in [0.717, 1.165) is 5.56 Å². The molecule has 0 bridgehead atoms. The fourth-order valence-corrected chi connectivity index (χ4v) is 1.74. The lowest BCUT2D eigenvalue weighted by molar-refractivity contribution is 0.426. The van der Waals surface area contributed by atoms with E-state index in [1.165, 1.54) is 0 Å². The molecule has 0 aromatic heterocycles. The maximum Gasteiger partial charge on any atom is 0.0710 e. The first-order chi connectivity index (χ1) is 7.29. The Morgan fingerprint density at radius 1 is 1.19 bits per heavy atom. The quantitative estimate of drug-likeness (QED) is 0.794. The molecule has 0 fully saturated rings. The molecule has 90 valence electrons. The van der Waals surface area contributed by atoms with E-state index in [0.29, 0.717) is 16.6 Å². The van der Waals surface area contributed by atoms with Gasteiger partial charge in [0.2, 0.25) is 0 Å². The maximum absolute atomic E-state index is 6.27. The second-order valence-electron chi connectivity index (χ2n) is 4.77. The van der Waals surface area contributed by atoms with Crippen molar-refractivity contribution >= 4 is 34.8 Å². The summed E-state index contributed by atoms with van der Waals surface area (Å²) in [6, 6.07) is 5.48. The molecule has 0 amide bonds. The van der Waals surface area contributed by atoms with E-state index >= 15 is 0 Å². The zero-order valence-electron chi connectivity index (χ0n) is 9.65. The minimum atomic E-state index is -0.103. The van der Waals surface area contributed by atoms with Gasteiger partial charge < -0.3 is 5.32 Å². The SMILES string of the molecule is CC(C)(C)NCC(Cl)c1ccc(Cl)c(Cl)c1. The first-order valence-electron chi connectivity index (χ1n) is 5.13. The van der Waals surface area contributed by atoms with E-state index in [1.807, 2.05) is 12.1 Å². The van der Waals surface area contributed by atoms with E-state index in [-0.39, 0.29) is 10.9 Å². The minimum absolute atomic E-state index is 0.0589. The molecule has 0 spiro atoms. The Hall–Kier alpha value is 0.0500. The van der Waals surface area contributed by atoms with Crippen molar-refractivity contribution in [3.8, 4) is 0 Å². The van der Waals surface area contributed by atoms with Gasteiger partial charge in [0.15, 0.2) is 0 Å². The topological polar surface area (TPSA) is 12.0 Å². The lowest BCUT2D eigenvalue weighted by atomic mass is 10.1. The van der Waals surface area contributed by atoms with Gasteiger partial charge in [0.05, 0.1) is 15.4 Å². The molecule has 0 radical (unpaired) electrons. The van der Waals surface area contributed by atoms with Crippen molar-refractivity contribution in [2.24, 2.45) is 0 Å². The number of hydrogen-bond acceptors (Lipinski definition) is 1. The van der Waals surface area contributed by atoms with Gasteiger partial charge in [-0.2, -0.15) is 0 Å². The summed E-state index contributed by atoms with van der Waals surface area (Å²) in [6.07, 6.45) is 0. The van der Waals surface area contributed by atoms with Crippen molar-refractivity contribution in [2.45, 2.75) is 31.7 Å². The smallest absolute Gasteiger partial charge is 0.0710 e. The Morgan fingerprint density at radius 3 is 2.31 bits per heavy atom. The summed E-state index contributed by atoms with van der Waals surface area (Å²) in [5.74, 6) is 0. The number of benzene rings is 1. The first kappa shape index (κ1) is 14.1. The number of nitrogens with one attached hydrogen (secondary N) is 1. The molecule has 0 saturated heterocycles. The monoisotopic (exact) mass is 279 g/mol. The molecular weight excluding hydrogens is 264 g/mol. The van der Waals surface area contributed by atoms with Crippen molar-refractivity contribution in [3.63, 3.8) is 0 Å². The Bertz CT molecular complexity index is 358. The highest BCUT2D eigenvalue weighted by atomic mass is 35.5. The van der Waals surface area contributed by atoms with E-state index in [9.17, 15) is 0 Å². The third kappa shape index (κ3) is 4.50. The van der Waals surface area contributed by atoms with Gasteiger partial charge >= 0.3 is 0 Å². The molecular formula is C12H16Cl3N. The Balaban J connectivity index is 2.66. The van der Waals surface area contributed by atoms with Crippen LogP contribution in [0.15, 0.2) is 18.2 Å². The van der Waals surface area contributed by atoms with Crippen LogP contribution >= 0.6 is 34.8 Å². The summed E-state index contributed by atoms with van der Waals surface area (Å²) < 4.78 is 0. The number of rotatable bonds is 3. The lowest BCUT2D eigenvalue weighted by Gasteiger charge is -2.22. The molecule has 0 aliphatic rings. The Morgan fingerprint density at radius 2 is 1.81 bits per heavy atom. The molecule has 1 atom stereocenters. The van der Waals surface area contributed by atoms with E-state index < -0.39 is 0 Å². The molecule has 16 heavy (non-hydrogen) atoms. The summed E-state index contributed by atoms with van der Waals surface area (Å²) >= 11 is 18.1. The molecule has 1 nitrogen and oxygen atoms in total. The van der Waals surface area contributed by atoms with Gasteiger partial charge in [0, 0.05) is 12.1 Å².